The van der Waals surface area contributed by atoms with Crippen LogP contribution in [0.25, 0.3) is 0 Å². The molecule has 108 valence electrons. The zero-order chi connectivity index (χ0) is 14.5. The van der Waals surface area contributed by atoms with E-state index in [1.165, 1.54) is 30.2 Å². The van der Waals surface area contributed by atoms with Gasteiger partial charge >= 0.3 is 0 Å². The Morgan fingerprint density at radius 2 is 1.95 bits per heavy atom. The third-order valence-electron chi connectivity index (χ3n) is 2.37. The fraction of sp³-hybridized carbons (Fsp3) is 0.600. The van der Waals surface area contributed by atoms with Crippen LogP contribution in [0.4, 0.5) is 11.6 Å². The van der Waals surface area contributed by atoms with E-state index in [1.807, 2.05) is 6.26 Å². The van der Waals surface area contributed by atoms with Crippen molar-refractivity contribution in [3.8, 4) is 0 Å². The maximum Gasteiger partial charge on any atom is 0.215 e. The average Bonchev–Trinajstić information content (AvgIpc) is 2.37. The molecule has 1 heterocycles. The molecule has 0 spiro atoms. The van der Waals surface area contributed by atoms with E-state index in [2.05, 4.69) is 20.6 Å². The van der Waals surface area contributed by atoms with Crippen LogP contribution in [0, 0.1) is 0 Å². The summed E-state index contributed by atoms with van der Waals surface area (Å²) in [6, 6.07) is 1.74. The largest absolute Gasteiger partial charge is 0.373 e. The van der Waals surface area contributed by atoms with Gasteiger partial charge in [0.25, 0.3) is 0 Å². The van der Waals surface area contributed by atoms with E-state index in [0.29, 0.717) is 23.3 Å². The Morgan fingerprint density at radius 1 is 1.32 bits per heavy atom. The molecule has 19 heavy (non-hydrogen) atoms. The van der Waals surface area contributed by atoms with Gasteiger partial charge < -0.3 is 10.6 Å². The average molecular weight is 305 g/mol. The summed E-state index contributed by atoms with van der Waals surface area (Å²) in [4.78, 5) is 8.49. The molecule has 7 nitrogen and oxygen atoms in total. The number of aromatic nitrogens is 2. The second-order valence-corrected chi connectivity index (χ2v) is 6.98. The van der Waals surface area contributed by atoms with Crippen LogP contribution in [0.2, 0.25) is 0 Å². The fourth-order valence-electron chi connectivity index (χ4n) is 1.23. The molecular weight excluding hydrogens is 286 g/mol. The minimum atomic E-state index is -3.19. The van der Waals surface area contributed by atoms with Gasteiger partial charge in [0.2, 0.25) is 10.0 Å². The van der Waals surface area contributed by atoms with Crippen LogP contribution in [0.5, 0.6) is 0 Å². The molecule has 0 amide bonds. The summed E-state index contributed by atoms with van der Waals surface area (Å²) in [5.41, 5.74) is 0. The van der Waals surface area contributed by atoms with E-state index in [-0.39, 0.29) is 5.75 Å². The van der Waals surface area contributed by atoms with Crippen molar-refractivity contribution >= 4 is 33.4 Å². The molecule has 0 saturated heterocycles. The summed E-state index contributed by atoms with van der Waals surface area (Å²) in [6.45, 7) is 0.300. The minimum absolute atomic E-state index is 0.0213. The first kappa shape index (κ1) is 16.0. The summed E-state index contributed by atoms with van der Waals surface area (Å²) >= 11 is 1.43. The van der Waals surface area contributed by atoms with Gasteiger partial charge in [0.1, 0.15) is 11.6 Å². The highest BCUT2D eigenvalue weighted by atomic mass is 32.2. The fourth-order valence-corrected chi connectivity index (χ4v) is 2.33. The zero-order valence-corrected chi connectivity index (χ0v) is 13.1. The van der Waals surface area contributed by atoms with Crippen molar-refractivity contribution in [3.63, 3.8) is 0 Å². The lowest BCUT2D eigenvalue weighted by Crippen LogP contribution is -2.28. The predicted molar refractivity (Wildman–Crippen MR) is 79.3 cm³/mol. The van der Waals surface area contributed by atoms with Gasteiger partial charge in [0.15, 0.2) is 5.16 Å². The number of rotatable bonds is 7. The second-order valence-electron chi connectivity index (χ2n) is 3.90. The Bertz CT molecular complexity index is 496. The van der Waals surface area contributed by atoms with E-state index in [4.69, 9.17) is 0 Å². The Labute approximate surface area is 118 Å². The molecule has 0 unspecified atom stereocenters. The molecule has 1 rings (SSSR count). The SMILES string of the molecule is CNc1cc(NCCS(=O)(=O)N(C)C)nc(SC)n1. The van der Waals surface area contributed by atoms with E-state index >= 15 is 0 Å². The number of hydrogen-bond donors (Lipinski definition) is 2. The van der Waals surface area contributed by atoms with Gasteiger partial charge in [-0.05, 0) is 6.26 Å². The molecule has 0 aliphatic carbocycles. The predicted octanol–water partition coefficient (Wildman–Crippen LogP) is 0.543. The molecule has 1 aromatic heterocycles. The van der Waals surface area contributed by atoms with Crippen LogP contribution in [-0.2, 0) is 10.0 Å². The Morgan fingerprint density at radius 3 is 2.47 bits per heavy atom. The maximum absolute atomic E-state index is 11.6. The van der Waals surface area contributed by atoms with E-state index in [9.17, 15) is 8.42 Å². The van der Waals surface area contributed by atoms with Gasteiger partial charge in [0.05, 0.1) is 5.75 Å². The van der Waals surface area contributed by atoms with Gasteiger partial charge in [-0.1, -0.05) is 11.8 Å². The smallest absolute Gasteiger partial charge is 0.215 e. The number of hydrogen-bond acceptors (Lipinski definition) is 7. The number of nitrogens with one attached hydrogen (secondary N) is 2. The molecule has 9 heteroatoms. The first-order chi connectivity index (χ1) is 8.89. The van der Waals surface area contributed by atoms with Gasteiger partial charge in [-0.2, -0.15) is 0 Å². The summed E-state index contributed by atoms with van der Waals surface area (Å²) in [5.74, 6) is 1.32. The highest BCUT2D eigenvalue weighted by molar-refractivity contribution is 7.98. The topological polar surface area (TPSA) is 87.2 Å². The summed E-state index contributed by atoms with van der Waals surface area (Å²) in [6.07, 6.45) is 1.88. The van der Waals surface area contributed by atoms with Crippen molar-refractivity contribution in [1.29, 1.82) is 0 Å². The highest BCUT2D eigenvalue weighted by Gasteiger charge is 2.13. The Hall–Kier alpha value is -1.06. The molecule has 0 aliphatic heterocycles. The lowest BCUT2D eigenvalue weighted by atomic mass is 10.5. The van der Waals surface area contributed by atoms with Gasteiger partial charge in [-0.25, -0.2) is 22.7 Å². The number of sulfonamides is 1. The van der Waals surface area contributed by atoms with Gasteiger partial charge in [-0.3, -0.25) is 0 Å². The zero-order valence-electron chi connectivity index (χ0n) is 11.5. The third kappa shape index (κ3) is 4.84. The van der Waals surface area contributed by atoms with Crippen molar-refractivity contribution in [3.05, 3.63) is 6.07 Å². The third-order valence-corrected chi connectivity index (χ3v) is 4.75. The van der Waals surface area contributed by atoms with Crippen molar-refractivity contribution in [1.82, 2.24) is 14.3 Å². The Kier molecular flexibility index (Phi) is 5.83. The molecule has 0 aromatic carbocycles. The number of nitrogens with zero attached hydrogens (tertiary/aromatic N) is 3. The van der Waals surface area contributed by atoms with Crippen molar-refractivity contribution in [2.24, 2.45) is 0 Å². The highest BCUT2D eigenvalue weighted by Crippen LogP contribution is 2.16. The Balaban J connectivity index is 2.68. The first-order valence-electron chi connectivity index (χ1n) is 5.64. The van der Waals surface area contributed by atoms with E-state index in [1.54, 1.807) is 13.1 Å². The van der Waals surface area contributed by atoms with Crippen LogP contribution < -0.4 is 10.6 Å². The van der Waals surface area contributed by atoms with Crippen molar-refractivity contribution in [2.75, 3.05) is 50.3 Å². The summed E-state index contributed by atoms with van der Waals surface area (Å²) in [5, 5.41) is 6.56. The monoisotopic (exact) mass is 305 g/mol. The van der Waals surface area contributed by atoms with Crippen LogP contribution in [0.1, 0.15) is 0 Å². The molecule has 0 aliphatic rings. The van der Waals surface area contributed by atoms with Crippen molar-refractivity contribution < 1.29 is 8.42 Å². The van der Waals surface area contributed by atoms with Gasteiger partial charge in [-0.15, -0.1) is 0 Å². The summed E-state index contributed by atoms with van der Waals surface area (Å²) in [7, 11) is 1.62. The number of anilines is 2. The van der Waals surface area contributed by atoms with Crippen LogP contribution in [0.15, 0.2) is 11.2 Å². The van der Waals surface area contributed by atoms with Crippen LogP contribution in [0.3, 0.4) is 0 Å². The molecule has 0 radical (unpaired) electrons. The molecule has 1 aromatic rings. The van der Waals surface area contributed by atoms with Crippen LogP contribution >= 0.6 is 11.8 Å². The minimum Gasteiger partial charge on any atom is -0.373 e. The second kappa shape index (κ2) is 6.92. The first-order valence-corrected chi connectivity index (χ1v) is 8.47. The molecule has 0 atom stereocenters. The molecule has 0 fully saturated rings. The lowest BCUT2D eigenvalue weighted by molar-refractivity contribution is 0.521. The van der Waals surface area contributed by atoms with E-state index in [0.717, 1.165) is 0 Å². The normalized spacial score (nSPS) is 11.6. The molecule has 2 N–H and O–H groups in total. The molecular formula is C10H19N5O2S2. The lowest BCUT2D eigenvalue weighted by Gasteiger charge is -2.12. The quantitative estimate of drug-likeness (QED) is 0.561. The molecule has 0 saturated carbocycles. The molecule has 0 bridgehead atoms. The maximum atomic E-state index is 11.6. The summed E-state index contributed by atoms with van der Waals surface area (Å²) < 4.78 is 24.4. The standard InChI is InChI=1S/C10H19N5O2S2/c1-11-8-7-9(14-10(13-8)18-4)12-5-6-19(16,17)15(2)3/h7H,5-6H2,1-4H3,(H2,11,12,13,14). The number of thioether (sulfide) groups is 1. The van der Waals surface area contributed by atoms with Crippen molar-refractivity contribution in [2.45, 2.75) is 5.16 Å². The van der Waals surface area contributed by atoms with Gasteiger partial charge in [0, 0.05) is 33.8 Å². The van der Waals surface area contributed by atoms with E-state index < -0.39 is 10.0 Å². The van der Waals surface area contributed by atoms with Crippen LogP contribution in [-0.4, -0.2) is 62.4 Å².